The number of hydrogen-bond acceptors (Lipinski definition) is 2. The molecule has 0 fully saturated rings. The summed E-state index contributed by atoms with van der Waals surface area (Å²) in [5, 5.41) is 0. The van der Waals surface area contributed by atoms with Gasteiger partial charge >= 0.3 is 0 Å². The van der Waals surface area contributed by atoms with Gasteiger partial charge in [-0.2, -0.15) is 0 Å². The standard InChI is InChI=1S/C20H24N2O/c1-12(2)15-8-6-9-16(13(3)4)19(15)22-11-14-7-5-10-17(21)18(14)20(22)23/h5-10,12-13H,11,21H2,1-4H3. The summed E-state index contributed by atoms with van der Waals surface area (Å²) in [7, 11) is 0. The van der Waals surface area contributed by atoms with Crippen LogP contribution < -0.4 is 10.6 Å². The lowest BCUT2D eigenvalue weighted by Gasteiger charge is -2.26. The highest BCUT2D eigenvalue weighted by Crippen LogP contribution is 2.40. The van der Waals surface area contributed by atoms with Gasteiger partial charge in [-0.05, 0) is 34.6 Å². The van der Waals surface area contributed by atoms with Gasteiger partial charge in [-0.25, -0.2) is 0 Å². The summed E-state index contributed by atoms with van der Waals surface area (Å²) in [5.74, 6) is 0.739. The van der Waals surface area contributed by atoms with Crippen molar-refractivity contribution in [3.63, 3.8) is 0 Å². The van der Waals surface area contributed by atoms with Gasteiger partial charge in [-0.3, -0.25) is 4.79 Å². The van der Waals surface area contributed by atoms with Gasteiger partial charge in [0.25, 0.3) is 5.91 Å². The smallest absolute Gasteiger partial charge is 0.261 e. The van der Waals surface area contributed by atoms with Gasteiger partial charge in [0.05, 0.1) is 17.8 Å². The van der Waals surface area contributed by atoms with E-state index in [2.05, 4.69) is 45.9 Å². The Morgan fingerprint density at radius 3 is 2.04 bits per heavy atom. The van der Waals surface area contributed by atoms with Crippen LogP contribution in [0.25, 0.3) is 0 Å². The third-order valence-electron chi connectivity index (χ3n) is 4.58. The first-order valence-electron chi connectivity index (χ1n) is 8.23. The summed E-state index contributed by atoms with van der Waals surface area (Å²) in [6.07, 6.45) is 0. The molecule has 0 radical (unpaired) electrons. The van der Waals surface area contributed by atoms with Crippen LogP contribution in [0.2, 0.25) is 0 Å². The summed E-state index contributed by atoms with van der Waals surface area (Å²) in [6.45, 7) is 9.29. The molecule has 120 valence electrons. The maximum Gasteiger partial charge on any atom is 0.261 e. The quantitative estimate of drug-likeness (QED) is 0.837. The molecule has 1 aliphatic heterocycles. The number of para-hydroxylation sites is 1. The number of anilines is 2. The molecule has 1 amide bonds. The highest BCUT2D eigenvalue weighted by atomic mass is 16.2. The average Bonchev–Trinajstić information content (AvgIpc) is 2.84. The number of carbonyl (C=O) groups is 1. The van der Waals surface area contributed by atoms with Gasteiger partial charge < -0.3 is 10.6 Å². The van der Waals surface area contributed by atoms with Crippen molar-refractivity contribution in [2.24, 2.45) is 0 Å². The Bertz CT molecular complexity index is 736. The molecule has 3 rings (SSSR count). The van der Waals surface area contributed by atoms with Crippen molar-refractivity contribution in [1.29, 1.82) is 0 Å². The molecule has 0 aromatic heterocycles. The van der Waals surface area contributed by atoms with Crippen LogP contribution in [0.3, 0.4) is 0 Å². The molecule has 2 aromatic carbocycles. The SMILES string of the molecule is CC(C)c1cccc(C(C)C)c1N1Cc2cccc(N)c2C1=O. The predicted molar refractivity (Wildman–Crippen MR) is 96.0 cm³/mol. The molecular weight excluding hydrogens is 284 g/mol. The Kier molecular flexibility index (Phi) is 3.88. The molecule has 1 heterocycles. The lowest BCUT2D eigenvalue weighted by atomic mass is 9.92. The maximum atomic E-state index is 13.0. The first-order chi connectivity index (χ1) is 10.9. The van der Waals surface area contributed by atoms with Crippen molar-refractivity contribution in [1.82, 2.24) is 0 Å². The van der Waals surface area contributed by atoms with Crippen molar-refractivity contribution in [2.75, 3.05) is 10.6 Å². The molecule has 3 nitrogen and oxygen atoms in total. The Hall–Kier alpha value is -2.29. The Labute approximate surface area is 138 Å². The zero-order chi connectivity index (χ0) is 16.7. The predicted octanol–water partition coefficient (Wildman–Crippen LogP) is 4.68. The number of amides is 1. The van der Waals surface area contributed by atoms with E-state index in [-0.39, 0.29) is 5.91 Å². The van der Waals surface area contributed by atoms with Crippen molar-refractivity contribution in [3.8, 4) is 0 Å². The number of carbonyl (C=O) groups excluding carboxylic acids is 1. The molecular formula is C20H24N2O. The zero-order valence-corrected chi connectivity index (χ0v) is 14.3. The average molecular weight is 308 g/mol. The first kappa shape index (κ1) is 15.6. The van der Waals surface area contributed by atoms with E-state index in [0.717, 1.165) is 11.3 Å². The number of benzene rings is 2. The monoisotopic (exact) mass is 308 g/mol. The second kappa shape index (κ2) is 5.73. The largest absolute Gasteiger partial charge is 0.398 e. The lowest BCUT2D eigenvalue weighted by molar-refractivity contribution is 0.0997. The van der Waals surface area contributed by atoms with Crippen molar-refractivity contribution in [2.45, 2.75) is 46.1 Å². The van der Waals surface area contributed by atoms with Crippen LogP contribution >= 0.6 is 0 Å². The van der Waals surface area contributed by atoms with E-state index in [1.165, 1.54) is 11.1 Å². The number of rotatable bonds is 3. The summed E-state index contributed by atoms with van der Waals surface area (Å²) in [4.78, 5) is 14.9. The fraction of sp³-hybridized carbons (Fsp3) is 0.350. The van der Waals surface area contributed by atoms with Gasteiger partial charge in [0.2, 0.25) is 0 Å². The van der Waals surface area contributed by atoms with Crippen LogP contribution in [0, 0.1) is 0 Å². The van der Waals surface area contributed by atoms with Gasteiger partial charge in [-0.15, -0.1) is 0 Å². The molecule has 2 aromatic rings. The first-order valence-corrected chi connectivity index (χ1v) is 8.23. The molecule has 2 N–H and O–H groups in total. The molecule has 0 aliphatic carbocycles. The Morgan fingerprint density at radius 2 is 1.52 bits per heavy atom. The van der Waals surface area contributed by atoms with Crippen LogP contribution in [0.1, 0.15) is 66.6 Å². The number of fused-ring (bicyclic) bond motifs is 1. The summed E-state index contributed by atoms with van der Waals surface area (Å²) >= 11 is 0. The van der Waals surface area contributed by atoms with Crippen LogP contribution in [0.4, 0.5) is 11.4 Å². The van der Waals surface area contributed by atoms with Crippen molar-refractivity contribution in [3.05, 3.63) is 58.7 Å². The minimum atomic E-state index is 0.0214. The van der Waals surface area contributed by atoms with Gasteiger partial charge in [0.1, 0.15) is 0 Å². The van der Waals surface area contributed by atoms with Crippen molar-refractivity contribution < 1.29 is 4.79 Å². The van der Waals surface area contributed by atoms with Gasteiger partial charge in [-0.1, -0.05) is 58.0 Å². The third-order valence-corrected chi connectivity index (χ3v) is 4.58. The Balaban J connectivity index is 2.17. The number of nitrogens with zero attached hydrogens (tertiary/aromatic N) is 1. The summed E-state index contributed by atoms with van der Waals surface area (Å²) < 4.78 is 0. The topological polar surface area (TPSA) is 46.3 Å². The second-order valence-corrected chi connectivity index (χ2v) is 6.87. The minimum Gasteiger partial charge on any atom is -0.398 e. The van der Waals surface area contributed by atoms with E-state index in [0.29, 0.717) is 29.6 Å². The molecule has 0 spiro atoms. The highest BCUT2D eigenvalue weighted by Gasteiger charge is 2.33. The molecule has 0 saturated carbocycles. The van der Waals surface area contributed by atoms with E-state index >= 15 is 0 Å². The lowest BCUT2D eigenvalue weighted by Crippen LogP contribution is -2.26. The summed E-state index contributed by atoms with van der Waals surface area (Å²) in [6, 6.07) is 12.1. The van der Waals surface area contributed by atoms with Crippen LogP contribution in [0.15, 0.2) is 36.4 Å². The molecule has 3 heteroatoms. The maximum absolute atomic E-state index is 13.0. The molecule has 0 saturated heterocycles. The van der Waals surface area contributed by atoms with Crippen molar-refractivity contribution >= 4 is 17.3 Å². The van der Waals surface area contributed by atoms with E-state index in [4.69, 9.17) is 5.73 Å². The fourth-order valence-electron chi connectivity index (χ4n) is 3.39. The number of nitrogen functional groups attached to an aromatic ring is 1. The minimum absolute atomic E-state index is 0.0214. The molecule has 23 heavy (non-hydrogen) atoms. The van der Waals surface area contributed by atoms with Crippen LogP contribution in [0.5, 0.6) is 0 Å². The van der Waals surface area contributed by atoms with E-state index in [9.17, 15) is 4.79 Å². The van der Waals surface area contributed by atoms with Crippen LogP contribution in [-0.4, -0.2) is 5.91 Å². The highest BCUT2D eigenvalue weighted by molar-refractivity contribution is 6.13. The second-order valence-electron chi connectivity index (χ2n) is 6.87. The zero-order valence-electron chi connectivity index (χ0n) is 14.3. The summed E-state index contributed by atoms with van der Waals surface area (Å²) in [5.41, 5.74) is 11.8. The van der Waals surface area contributed by atoms with E-state index in [1.54, 1.807) is 6.07 Å². The molecule has 1 aliphatic rings. The van der Waals surface area contributed by atoms with Crippen LogP contribution in [-0.2, 0) is 6.54 Å². The Morgan fingerprint density at radius 1 is 0.957 bits per heavy atom. The molecule has 0 unspecified atom stereocenters. The molecule has 0 bridgehead atoms. The molecule has 0 atom stereocenters. The number of nitrogens with two attached hydrogens (primary N) is 1. The normalized spacial score (nSPS) is 14.0. The fourth-order valence-corrected chi connectivity index (χ4v) is 3.39. The van der Waals surface area contributed by atoms with Gasteiger partial charge in [0, 0.05) is 5.69 Å². The van der Waals surface area contributed by atoms with E-state index in [1.807, 2.05) is 17.0 Å². The third kappa shape index (κ3) is 2.50. The number of hydrogen-bond donors (Lipinski definition) is 1. The van der Waals surface area contributed by atoms with Gasteiger partial charge in [0.15, 0.2) is 0 Å². The van der Waals surface area contributed by atoms with E-state index < -0.39 is 0 Å².